The Balaban J connectivity index is 2.31. The highest BCUT2D eigenvalue weighted by Gasteiger charge is 2.26. The van der Waals surface area contributed by atoms with E-state index in [0.717, 1.165) is 35.1 Å². The number of benzene rings is 2. The van der Waals surface area contributed by atoms with E-state index in [0.29, 0.717) is 17.2 Å². The number of fused-ring (bicyclic) bond motifs is 3. The molecule has 22 heavy (non-hydrogen) atoms. The van der Waals surface area contributed by atoms with Crippen molar-refractivity contribution in [1.29, 1.82) is 0 Å². The summed E-state index contributed by atoms with van der Waals surface area (Å²) in [6.07, 6.45) is 1.57. The summed E-state index contributed by atoms with van der Waals surface area (Å²) in [4.78, 5) is 0. The number of aryl methyl sites for hydroxylation is 2. The van der Waals surface area contributed by atoms with Gasteiger partial charge in [0, 0.05) is 5.56 Å². The molecule has 0 radical (unpaired) electrons. The first kappa shape index (κ1) is 14.4. The first-order valence-corrected chi connectivity index (χ1v) is 6.97. The van der Waals surface area contributed by atoms with Gasteiger partial charge in [-0.05, 0) is 47.7 Å². The van der Waals surface area contributed by atoms with Crippen LogP contribution in [0.4, 0.5) is 0 Å². The normalized spacial score (nSPS) is 12.3. The lowest BCUT2D eigenvalue weighted by Crippen LogP contribution is -2.07. The highest BCUT2D eigenvalue weighted by molar-refractivity contribution is 5.84. The van der Waals surface area contributed by atoms with Gasteiger partial charge in [-0.3, -0.25) is 0 Å². The molecule has 0 saturated heterocycles. The van der Waals surface area contributed by atoms with Crippen molar-refractivity contribution >= 4 is 0 Å². The number of rotatable bonds is 3. The van der Waals surface area contributed by atoms with E-state index in [1.807, 2.05) is 6.07 Å². The molecule has 0 aliphatic heterocycles. The second kappa shape index (κ2) is 5.33. The van der Waals surface area contributed by atoms with Crippen LogP contribution in [0.2, 0.25) is 0 Å². The largest absolute Gasteiger partial charge is 0.504 e. The van der Waals surface area contributed by atoms with Crippen molar-refractivity contribution in [3.05, 3.63) is 29.3 Å². The van der Waals surface area contributed by atoms with Crippen molar-refractivity contribution in [3.63, 3.8) is 0 Å². The Morgan fingerprint density at radius 1 is 0.773 bits per heavy atom. The van der Waals surface area contributed by atoms with Gasteiger partial charge in [0.05, 0.1) is 21.3 Å². The summed E-state index contributed by atoms with van der Waals surface area (Å²) < 4.78 is 15.9. The fraction of sp³-hybridized carbons (Fsp3) is 0.294. The quantitative estimate of drug-likeness (QED) is 0.912. The SMILES string of the molecule is COc1cc2c(cc1O)-c1c(cc(O)c(OC)c1OC)CC2. The third-order valence-electron chi connectivity index (χ3n) is 4.04. The van der Waals surface area contributed by atoms with E-state index >= 15 is 0 Å². The van der Waals surface area contributed by atoms with E-state index in [2.05, 4.69) is 0 Å². The molecule has 2 aromatic rings. The molecule has 2 N–H and O–H groups in total. The van der Waals surface area contributed by atoms with E-state index in [1.165, 1.54) is 21.3 Å². The van der Waals surface area contributed by atoms with Gasteiger partial charge in [-0.1, -0.05) is 0 Å². The zero-order chi connectivity index (χ0) is 15.9. The van der Waals surface area contributed by atoms with Gasteiger partial charge in [-0.15, -0.1) is 0 Å². The number of phenols is 2. The predicted octanol–water partition coefficient (Wildman–Crippen LogP) is 2.89. The maximum Gasteiger partial charge on any atom is 0.203 e. The molecule has 0 bridgehead atoms. The summed E-state index contributed by atoms with van der Waals surface area (Å²) in [6, 6.07) is 5.21. The lowest BCUT2D eigenvalue weighted by molar-refractivity contribution is 0.333. The molecule has 1 aliphatic rings. The van der Waals surface area contributed by atoms with Crippen LogP contribution >= 0.6 is 0 Å². The molecule has 0 fully saturated rings. The molecule has 2 aromatic carbocycles. The van der Waals surface area contributed by atoms with Gasteiger partial charge < -0.3 is 24.4 Å². The summed E-state index contributed by atoms with van der Waals surface area (Å²) in [5.74, 6) is 1.35. The first-order valence-electron chi connectivity index (χ1n) is 6.97. The van der Waals surface area contributed by atoms with E-state index in [9.17, 15) is 10.2 Å². The molecule has 5 nitrogen and oxygen atoms in total. The van der Waals surface area contributed by atoms with Gasteiger partial charge in [-0.25, -0.2) is 0 Å². The Bertz CT molecular complexity index is 737. The Morgan fingerprint density at radius 3 is 2.09 bits per heavy atom. The van der Waals surface area contributed by atoms with Gasteiger partial charge in [0.25, 0.3) is 0 Å². The fourth-order valence-corrected chi connectivity index (χ4v) is 3.05. The average Bonchev–Trinajstić information content (AvgIpc) is 2.52. The van der Waals surface area contributed by atoms with E-state index in [4.69, 9.17) is 14.2 Å². The monoisotopic (exact) mass is 302 g/mol. The maximum atomic E-state index is 10.1. The predicted molar refractivity (Wildman–Crippen MR) is 82.3 cm³/mol. The minimum absolute atomic E-state index is 0.0549. The molecule has 116 valence electrons. The highest BCUT2D eigenvalue weighted by atomic mass is 16.5. The third-order valence-corrected chi connectivity index (χ3v) is 4.04. The minimum Gasteiger partial charge on any atom is -0.504 e. The molecular weight excluding hydrogens is 284 g/mol. The van der Waals surface area contributed by atoms with Crippen LogP contribution in [0.5, 0.6) is 28.7 Å². The van der Waals surface area contributed by atoms with Crippen LogP contribution in [0, 0.1) is 0 Å². The summed E-state index contributed by atoms with van der Waals surface area (Å²) in [5.41, 5.74) is 3.74. The molecule has 0 spiro atoms. The van der Waals surface area contributed by atoms with Crippen LogP contribution in [-0.2, 0) is 12.8 Å². The smallest absolute Gasteiger partial charge is 0.203 e. The van der Waals surface area contributed by atoms with Gasteiger partial charge in [0.1, 0.15) is 0 Å². The summed E-state index contributed by atoms with van der Waals surface area (Å²) in [6.45, 7) is 0. The Hall–Kier alpha value is -2.56. The van der Waals surface area contributed by atoms with Gasteiger partial charge in [-0.2, -0.15) is 0 Å². The molecule has 0 heterocycles. The highest BCUT2D eigenvalue weighted by Crippen LogP contribution is 2.50. The number of hydrogen-bond acceptors (Lipinski definition) is 5. The molecule has 3 rings (SSSR count). The van der Waals surface area contributed by atoms with E-state index in [1.54, 1.807) is 12.1 Å². The number of aromatic hydroxyl groups is 2. The Morgan fingerprint density at radius 2 is 1.45 bits per heavy atom. The van der Waals surface area contributed by atoms with Crippen molar-refractivity contribution in [2.75, 3.05) is 21.3 Å². The zero-order valence-electron chi connectivity index (χ0n) is 12.8. The number of hydrogen-bond donors (Lipinski definition) is 2. The third kappa shape index (κ3) is 2.01. The van der Waals surface area contributed by atoms with E-state index in [-0.39, 0.29) is 11.5 Å². The van der Waals surface area contributed by atoms with Crippen LogP contribution in [0.25, 0.3) is 11.1 Å². The van der Waals surface area contributed by atoms with Crippen molar-refractivity contribution in [2.45, 2.75) is 12.8 Å². The second-order valence-electron chi connectivity index (χ2n) is 5.18. The van der Waals surface area contributed by atoms with Crippen molar-refractivity contribution < 1.29 is 24.4 Å². The molecule has 0 aromatic heterocycles. The standard InChI is InChI=1S/C17H18O5/c1-20-14-7-9-4-5-10-6-13(19)16(21-2)17(22-3)15(10)11(9)8-12(14)18/h6-8,18-19H,4-5H2,1-3H3. The zero-order valence-corrected chi connectivity index (χ0v) is 12.8. The molecule has 0 amide bonds. The second-order valence-corrected chi connectivity index (χ2v) is 5.18. The van der Waals surface area contributed by atoms with Gasteiger partial charge in [0.2, 0.25) is 5.75 Å². The van der Waals surface area contributed by atoms with Crippen LogP contribution in [0.15, 0.2) is 18.2 Å². The van der Waals surface area contributed by atoms with Crippen LogP contribution in [-0.4, -0.2) is 31.5 Å². The fourth-order valence-electron chi connectivity index (χ4n) is 3.05. The van der Waals surface area contributed by atoms with E-state index < -0.39 is 0 Å². The molecular formula is C17H18O5. The topological polar surface area (TPSA) is 68.2 Å². The number of phenolic OH excluding ortho intramolecular Hbond substituents is 2. The maximum absolute atomic E-state index is 10.1. The molecule has 5 heteroatoms. The number of methoxy groups -OCH3 is 3. The Labute approximate surface area is 128 Å². The lowest BCUT2D eigenvalue weighted by Gasteiger charge is -2.24. The number of ether oxygens (including phenoxy) is 3. The van der Waals surface area contributed by atoms with Crippen molar-refractivity contribution in [2.24, 2.45) is 0 Å². The summed E-state index contributed by atoms with van der Waals surface area (Å²) in [7, 11) is 4.55. The molecule has 0 atom stereocenters. The molecule has 0 saturated carbocycles. The summed E-state index contributed by atoms with van der Waals surface area (Å²) in [5, 5.41) is 20.2. The van der Waals surface area contributed by atoms with Crippen LogP contribution < -0.4 is 14.2 Å². The van der Waals surface area contributed by atoms with Gasteiger partial charge >= 0.3 is 0 Å². The van der Waals surface area contributed by atoms with Crippen LogP contribution in [0.3, 0.4) is 0 Å². The molecule has 0 unspecified atom stereocenters. The van der Waals surface area contributed by atoms with Gasteiger partial charge in [0.15, 0.2) is 23.0 Å². The van der Waals surface area contributed by atoms with Crippen molar-refractivity contribution in [3.8, 4) is 39.9 Å². The minimum atomic E-state index is 0.0549. The lowest BCUT2D eigenvalue weighted by atomic mass is 9.84. The van der Waals surface area contributed by atoms with Crippen LogP contribution in [0.1, 0.15) is 11.1 Å². The Kier molecular flexibility index (Phi) is 3.48. The molecule has 1 aliphatic carbocycles. The van der Waals surface area contributed by atoms with Crippen molar-refractivity contribution in [1.82, 2.24) is 0 Å². The first-order chi connectivity index (χ1) is 10.6. The summed E-state index contributed by atoms with van der Waals surface area (Å²) >= 11 is 0. The average molecular weight is 302 g/mol.